The molecular weight excluding hydrogens is 246 g/mol. The summed E-state index contributed by atoms with van der Waals surface area (Å²) in [5, 5.41) is 3.46. The van der Waals surface area contributed by atoms with Crippen LogP contribution in [-0.2, 0) is 10.3 Å². The molecule has 0 saturated heterocycles. The molecule has 1 N–H and O–H groups in total. The zero-order valence-electron chi connectivity index (χ0n) is 12.7. The summed E-state index contributed by atoms with van der Waals surface area (Å²) in [6.07, 6.45) is 5.27. The van der Waals surface area contributed by atoms with Crippen LogP contribution in [0, 0.1) is 0 Å². The Kier molecular flexibility index (Phi) is 5.51. The van der Waals surface area contributed by atoms with E-state index in [1.54, 1.807) is 12.2 Å². The average Bonchev–Trinajstić information content (AvgIpc) is 2.39. The van der Waals surface area contributed by atoms with Gasteiger partial charge in [-0.25, -0.2) is 0 Å². The van der Waals surface area contributed by atoms with E-state index in [4.69, 9.17) is 0 Å². The smallest absolute Gasteiger partial charge is 0.159 e. The molecule has 0 aliphatic carbocycles. The van der Waals surface area contributed by atoms with Gasteiger partial charge in [0.25, 0.3) is 0 Å². The highest BCUT2D eigenvalue weighted by Gasteiger charge is 2.19. The molecule has 2 heteroatoms. The zero-order valence-corrected chi connectivity index (χ0v) is 12.7. The number of hydrogen-bond donors (Lipinski definition) is 1. The van der Waals surface area contributed by atoms with Gasteiger partial charge >= 0.3 is 0 Å². The zero-order chi connectivity index (χ0) is 15.2. The van der Waals surface area contributed by atoms with Crippen molar-refractivity contribution < 1.29 is 4.79 Å². The van der Waals surface area contributed by atoms with Crippen molar-refractivity contribution in [2.75, 3.05) is 0 Å². The Morgan fingerprint density at radius 3 is 2.25 bits per heavy atom. The number of Topliss-reactive ketones (excluding diaryl/α,β-unsaturated/α-hetero) is 1. The fraction of sp³-hybridized carbons (Fsp3) is 0.278. The van der Waals surface area contributed by atoms with Crippen molar-refractivity contribution in [2.45, 2.75) is 33.2 Å². The van der Waals surface area contributed by atoms with Crippen molar-refractivity contribution >= 4 is 5.78 Å². The van der Waals surface area contributed by atoms with Crippen LogP contribution < -0.4 is 5.32 Å². The van der Waals surface area contributed by atoms with E-state index in [1.165, 1.54) is 12.5 Å². The minimum absolute atomic E-state index is 0.0198. The van der Waals surface area contributed by atoms with Gasteiger partial charge in [-0.05, 0) is 45.4 Å². The molecule has 2 nitrogen and oxygen atoms in total. The maximum Gasteiger partial charge on any atom is 0.159 e. The Bertz CT molecular complexity index is 536. The lowest BCUT2D eigenvalue weighted by molar-refractivity contribution is -0.113. The molecule has 0 unspecified atom stereocenters. The highest BCUT2D eigenvalue weighted by molar-refractivity contribution is 5.96. The maximum atomic E-state index is 11.3. The molecule has 0 spiro atoms. The molecule has 1 aromatic carbocycles. The van der Waals surface area contributed by atoms with E-state index in [9.17, 15) is 4.79 Å². The Balaban J connectivity index is 2.87. The van der Waals surface area contributed by atoms with Gasteiger partial charge in [0.1, 0.15) is 0 Å². The van der Waals surface area contributed by atoms with E-state index in [2.05, 4.69) is 37.9 Å². The number of carbonyl (C=O) groups excluding carboxylic acids is 1. The molecule has 0 saturated carbocycles. The fourth-order valence-corrected chi connectivity index (χ4v) is 2.01. The Morgan fingerprint density at radius 2 is 1.75 bits per heavy atom. The van der Waals surface area contributed by atoms with Crippen LogP contribution in [0.5, 0.6) is 0 Å². The lowest BCUT2D eigenvalue weighted by Crippen LogP contribution is -2.35. The van der Waals surface area contributed by atoms with Gasteiger partial charge in [0, 0.05) is 11.3 Å². The molecular formula is C18H23NO. The lowest BCUT2D eigenvalue weighted by atomic mass is 9.94. The third-order valence-electron chi connectivity index (χ3n) is 3.14. The number of ketones is 1. The molecule has 0 bridgehead atoms. The van der Waals surface area contributed by atoms with E-state index in [1.807, 2.05) is 31.2 Å². The Morgan fingerprint density at radius 1 is 1.15 bits per heavy atom. The highest BCUT2D eigenvalue weighted by atomic mass is 16.1. The van der Waals surface area contributed by atoms with Crippen LogP contribution in [0.3, 0.4) is 0 Å². The molecule has 0 aliphatic rings. The fourth-order valence-electron chi connectivity index (χ4n) is 2.01. The van der Waals surface area contributed by atoms with Gasteiger partial charge in [-0.3, -0.25) is 4.79 Å². The summed E-state index contributed by atoms with van der Waals surface area (Å²) >= 11 is 0. The van der Waals surface area contributed by atoms with Crippen LogP contribution in [0.4, 0.5) is 0 Å². The molecule has 0 aliphatic heterocycles. The predicted molar refractivity (Wildman–Crippen MR) is 85.3 cm³/mol. The largest absolute Gasteiger partial charge is 0.380 e. The normalized spacial score (nSPS) is 13.0. The summed E-state index contributed by atoms with van der Waals surface area (Å²) < 4.78 is 0. The van der Waals surface area contributed by atoms with Gasteiger partial charge in [-0.2, -0.15) is 0 Å². The second-order valence-corrected chi connectivity index (χ2v) is 5.35. The van der Waals surface area contributed by atoms with E-state index in [-0.39, 0.29) is 11.3 Å². The van der Waals surface area contributed by atoms with E-state index >= 15 is 0 Å². The summed E-state index contributed by atoms with van der Waals surface area (Å²) in [7, 11) is 0. The van der Waals surface area contributed by atoms with Crippen molar-refractivity contribution in [3.63, 3.8) is 0 Å². The van der Waals surface area contributed by atoms with E-state index < -0.39 is 0 Å². The summed E-state index contributed by atoms with van der Waals surface area (Å²) in [5.74, 6) is 0.0198. The van der Waals surface area contributed by atoms with E-state index in [0.29, 0.717) is 5.57 Å². The number of benzene rings is 1. The predicted octanol–water partition coefficient (Wildman–Crippen LogP) is 4.12. The van der Waals surface area contributed by atoms with Crippen LogP contribution in [-0.4, -0.2) is 5.78 Å². The summed E-state index contributed by atoms with van der Waals surface area (Å²) in [4.78, 5) is 11.3. The van der Waals surface area contributed by atoms with Gasteiger partial charge in [-0.1, -0.05) is 43.0 Å². The monoisotopic (exact) mass is 269 g/mol. The van der Waals surface area contributed by atoms with Gasteiger partial charge in [0.15, 0.2) is 5.78 Å². The first-order chi connectivity index (χ1) is 9.36. The second kappa shape index (κ2) is 6.90. The Hall–Kier alpha value is -2.09. The first-order valence-electron chi connectivity index (χ1n) is 6.72. The van der Waals surface area contributed by atoms with Crippen molar-refractivity contribution in [3.05, 3.63) is 72.0 Å². The number of carbonyl (C=O) groups is 1. The molecule has 0 amide bonds. The summed E-state index contributed by atoms with van der Waals surface area (Å²) in [5.41, 5.74) is 2.66. The molecule has 0 heterocycles. The molecule has 0 aromatic heterocycles. The first-order valence-corrected chi connectivity index (χ1v) is 6.72. The average molecular weight is 269 g/mol. The van der Waals surface area contributed by atoms with Gasteiger partial charge in [-0.15, -0.1) is 0 Å². The molecule has 0 radical (unpaired) electrons. The molecule has 1 aromatic rings. The van der Waals surface area contributed by atoms with Crippen molar-refractivity contribution in [1.82, 2.24) is 5.32 Å². The van der Waals surface area contributed by atoms with Crippen LogP contribution in [0.15, 0.2) is 66.4 Å². The molecule has 20 heavy (non-hydrogen) atoms. The van der Waals surface area contributed by atoms with Gasteiger partial charge < -0.3 is 5.32 Å². The van der Waals surface area contributed by atoms with Crippen LogP contribution in [0.2, 0.25) is 0 Å². The number of nitrogens with one attached hydrogen (secondary N) is 1. The molecule has 0 fully saturated rings. The van der Waals surface area contributed by atoms with Crippen LogP contribution >= 0.6 is 0 Å². The number of hydrogen-bond acceptors (Lipinski definition) is 2. The van der Waals surface area contributed by atoms with Gasteiger partial charge in [0.2, 0.25) is 0 Å². The summed E-state index contributed by atoms with van der Waals surface area (Å²) in [6, 6.07) is 10.3. The minimum Gasteiger partial charge on any atom is -0.380 e. The number of allylic oxidation sites excluding steroid dienone is 5. The second-order valence-electron chi connectivity index (χ2n) is 5.35. The highest BCUT2D eigenvalue weighted by Crippen LogP contribution is 2.20. The SMILES string of the molecule is C=C/C(=C\C=C(/C)NC(C)(C)c1ccccc1)C(C)=O. The van der Waals surface area contributed by atoms with Crippen LogP contribution in [0.1, 0.15) is 33.3 Å². The van der Waals surface area contributed by atoms with Crippen molar-refractivity contribution in [1.29, 1.82) is 0 Å². The standard InChI is InChI=1S/C18H23NO/c1-6-16(15(3)20)13-12-14(2)19-18(4,5)17-10-8-7-9-11-17/h6-13,19H,1H2,2-5H3/b14-12+,16-13+. The molecule has 0 atom stereocenters. The van der Waals surface area contributed by atoms with Crippen molar-refractivity contribution in [3.8, 4) is 0 Å². The Labute approximate surface area is 121 Å². The number of rotatable bonds is 6. The third kappa shape index (κ3) is 4.54. The maximum absolute atomic E-state index is 11.3. The lowest BCUT2D eigenvalue weighted by Gasteiger charge is -2.28. The molecule has 1 rings (SSSR count). The van der Waals surface area contributed by atoms with Crippen molar-refractivity contribution in [2.24, 2.45) is 0 Å². The minimum atomic E-state index is -0.166. The molecule has 106 valence electrons. The van der Waals surface area contributed by atoms with Gasteiger partial charge in [0.05, 0.1) is 5.54 Å². The third-order valence-corrected chi connectivity index (χ3v) is 3.14. The first kappa shape index (κ1) is 16.0. The van der Waals surface area contributed by atoms with E-state index in [0.717, 1.165) is 5.70 Å². The van der Waals surface area contributed by atoms with Crippen LogP contribution in [0.25, 0.3) is 0 Å². The topological polar surface area (TPSA) is 29.1 Å². The summed E-state index contributed by atoms with van der Waals surface area (Å²) in [6.45, 7) is 11.4. The quantitative estimate of drug-likeness (QED) is 0.622.